The van der Waals surface area contributed by atoms with Gasteiger partial charge in [-0.1, -0.05) is 17.7 Å². The van der Waals surface area contributed by atoms with Crippen molar-refractivity contribution >= 4 is 22.6 Å². The molecule has 0 saturated heterocycles. The topological polar surface area (TPSA) is 58.0 Å². The van der Waals surface area contributed by atoms with Crippen LogP contribution in [0.2, 0.25) is 5.02 Å². The third-order valence-electron chi connectivity index (χ3n) is 2.41. The summed E-state index contributed by atoms with van der Waals surface area (Å²) >= 11 is 5.94. The number of nitrogens with one attached hydrogen (secondary N) is 1. The Bertz CT molecular complexity index is 544. The number of hydrogen-bond donors (Lipinski definition) is 2. The lowest BCUT2D eigenvalue weighted by atomic mass is 10.3. The molecule has 2 N–H and O–H groups in total. The average molecular weight is 227 g/mol. The Hall–Kier alpha value is -1.26. The fourth-order valence-electron chi connectivity index (χ4n) is 1.63. The molecule has 1 aromatic carbocycles. The van der Waals surface area contributed by atoms with E-state index in [9.17, 15) is 4.79 Å². The molecular weight excluding hydrogens is 216 g/mol. The first-order chi connectivity index (χ1) is 7.15. The molecule has 0 fully saturated rings. The van der Waals surface area contributed by atoms with Crippen LogP contribution in [0.25, 0.3) is 11.0 Å². The highest BCUT2D eigenvalue weighted by atomic mass is 35.5. The highest BCUT2D eigenvalue weighted by molar-refractivity contribution is 6.34. The van der Waals surface area contributed by atoms with Gasteiger partial charge in [-0.2, -0.15) is 0 Å². The summed E-state index contributed by atoms with van der Waals surface area (Å²) in [7, 11) is 0. The quantitative estimate of drug-likeness (QED) is 0.816. The van der Waals surface area contributed by atoms with Crippen LogP contribution in [0.4, 0.5) is 0 Å². The van der Waals surface area contributed by atoms with Gasteiger partial charge >= 0.3 is 5.69 Å². The number of imidazole rings is 1. The molecule has 0 radical (unpaired) electrons. The molecule has 0 saturated carbocycles. The standard InChI is InChI=1S/C10H11ClN2O2/c1-6(5-14)13-8-4-2-3-7(11)9(8)12-10(13)15/h2-4,6,14H,5H2,1H3,(H,12,15). The Kier molecular flexibility index (Phi) is 2.54. The van der Waals surface area contributed by atoms with E-state index >= 15 is 0 Å². The van der Waals surface area contributed by atoms with Crippen molar-refractivity contribution in [3.8, 4) is 0 Å². The summed E-state index contributed by atoms with van der Waals surface area (Å²) in [6, 6.07) is 5.03. The Morgan fingerprint density at radius 2 is 2.33 bits per heavy atom. The lowest BCUT2D eigenvalue weighted by molar-refractivity contribution is 0.239. The maximum absolute atomic E-state index is 11.6. The first-order valence-corrected chi connectivity index (χ1v) is 5.02. The molecule has 0 aliphatic rings. The molecular formula is C10H11ClN2O2. The van der Waals surface area contributed by atoms with Crippen LogP contribution in [0.1, 0.15) is 13.0 Å². The number of rotatable bonds is 2. The minimum absolute atomic E-state index is 0.0840. The molecule has 1 aromatic heterocycles. The number of aromatic nitrogens is 2. The number of para-hydroxylation sites is 1. The van der Waals surface area contributed by atoms with Gasteiger partial charge in [0.15, 0.2) is 0 Å². The number of aliphatic hydroxyl groups excluding tert-OH is 1. The molecule has 15 heavy (non-hydrogen) atoms. The molecule has 1 heterocycles. The molecule has 2 aromatic rings. The van der Waals surface area contributed by atoms with E-state index in [2.05, 4.69) is 4.98 Å². The normalized spacial score (nSPS) is 13.3. The summed E-state index contributed by atoms with van der Waals surface area (Å²) in [4.78, 5) is 14.3. The fraction of sp³-hybridized carbons (Fsp3) is 0.300. The molecule has 0 amide bonds. The number of halogens is 1. The lowest BCUT2D eigenvalue weighted by Gasteiger charge is -2.09. The van der Waals surface area contributed by atoms with E-state index in [1.165, 1.54) is 4.57 Å². The highest BCUT2D eigenvalue weighted by Gasteiger charge is 2.13. The third kappa shape index (κ3) is 1.56. The minimum Gasteiger partial charge on any atom is -0.394 e. The summed E-state index contributed by atoms with van der Waals surface area (Å²) in [5, 5.41) is 9.56. The summed E-state index contributed by atoms with van der Waals surface area (Å²) < 4.78 is 1.50. The molecule has 4 nitrogen and oxygen atoms in total. The molecule has 0 aliphatic carbocycles. The van der Waals surface area contributed by atoms with Gasteiger partial charge in [0.1, 0.15) is 0 Å². The van der Waals surface area contributed by atoms with E-state index in [1.54, 1.807) is 25.1 Å². The van der Waals surface area contributed by atoms with Crippen LogP contribution in [-0.2, 0) is 0 Å². The smallest absolute Gasteiger partial charge is 0.326 e. The Labute approximate surface area is 91.1 Å². The number of H-pyrrole nitrogens is 1. The van der Waals surface area contributed by atoms with E-state index in [4.69, 9.17) is 16.7 Å². The number of aliphatic hydroxyl groups is 1. The first-order valence-electron chi connectivity index (χ1n) is 4.64. The highest BCUT2D eigenvalue weighted by Crippen LogP contribution is 2.21. The predicted octanol–water partition coefficient (Wildman–Crippen LogP) is 1.54. The van der Waals surface area contributed by atoms with Gasteiger partial charge in [-0.15, -0.1) is 0 Å². The van der Waals surface area contributed by atoms with Crippen LogP contribution in [0.5, 0.6) is 0 Å². The number of benzene rings is 1. The molecule has 2 rings (SSSR count). The van der Waals surface area contributed by atoms with Crippen LogP contribution in [-0.4, -0.2) is 21.3 Å². The van der Waals surface area contributed by atoms with Crippen molar-refractivity contribution in [2.45, 2.75) is 13.0 Å². The van der Waals surface area contributed by atoms with Crippen molar-refractivity contribution in [3.63, 3.8) is 0 Å². The first kappa shape index (κ1) is 10.3. The van der Waals surface area contributed by atoms with Crippen LogP contribution in [0.15, 0.2) is 23.0 Å². The van der Waals surface area contributed by atoms with E-state index < -0.39 is 0 Å². The average Bonchev–Trinajstić information content (AvgIpc) is 2.55. The second-order valence-corrected chi connectivity index (χ2v) is 3.87. The molecule has 0 spiro atoms. The van der Waals surface area contributed by atoms with Crippen molar-refractivity contribution in [3.05, 3.63) is 33.7 Å². The Morgan fingerprint density at radius 1 is 1.60 bits per heavy atom. The minimum atomic E-state index is -0.260. The summed E-state index contributed by atoms with van der Waals surface area (Å²) in [5.74, 6) is 0. The van der Waals surface area contributed by atoms with Crippen LogP contribution in [0.3, 0.4) is 0 Å². The second-order valence-electron chi connectivity index (χ2n) is 3.47. The number of aromatic amines is 1. The van der Waals surface area contributed by atoms with Gasteiger partial charge in [-0.25, -0.2) is 4.79 Å². The zero-order chi connectivity index (χ0) is 11.0. The van der Waals surface area contributed by atoms with Crippen molar-refractivity contribution in [1.29, 1.82) is 0 Å². The van der Waals surface area contributed by atoms with Crippen LogP contribution >= 0.6 is 11.6 Å². The zero-order valence-corrected chi connectivity index (χ0v) is 8.95. The van der Waals surface area contributed by atoms with Gasteiger partial charge < -0.3 is 10.1 Å². The van der Waals surface area contributed by atoms with E-state index in [0.717, 1.165) is 0 Å². The largest absolute Gasteiger partial charge is 0.394 e. The Morgan fingerprint density at radius 3 is 3.00 bits per heavy atom. The van der Waals surface area contributed by atoms with Gasteiger partial charge in [0, 0.05) is 0 Å². The van der Waals surface area contributed by atoms with Gasteiger partial charge in [-0.05, 0) is 19.1 Å². The zero-order valence-electron chi connectivity index (χ0n) is 8.20. The van der Waals surface area contributed by atoms with Gasteiger partial charge in [-0.3, -0.25) is 4.57 Å². The van der Waals surface area contributed by atoms with Gasteiger partial charge in [0.2, 0.25) is 0 Å². The number of fused-ring (bicyclic) bond motifs is 1. The molecule has 0 bridgehead atoms. The van der Waals surface area contributed by atoms with Crippen LogP contribution < -0.4 is 5.69 Å². The Balaban J connectivity index is 2.80. The summed E-state index contributed by atoms with van der Waals surface area (Å²) in [5.41, 5.74) is 1.08. The number of hydrogen-bond acceptors (Lipinski definition) is 2. The fourth-order valence-corrected chi connectivity index (χ4v) is 1.85. The summed E-state index contributed by atoms with van der Waals surface area (Å²) in [6.07, 6.45) is 0. The third-order valence-corrected chi connectivity index (χ3v) is 2.72. The monoisotopic (exact) mass is 226 g/mol. The van der Waals surface area contributed by atoms with Crippen LogP contribution in [0, 0.1) is 0 Å². The summed E-state index contributed by atoms with van der Waals surface area (Å²) in [6.45, 7) is 1.69. The molecule has 1 unspecified atom stereocenters. The maximum Gasteiger partial charge on any atom is 0.326 e. The van der Waals surface area contributed by atoms with Crippen molar-refractivity contribution < 1.29 is 5.11 Å². The molecule has 5 heteroatoms. The van der Waals surface area contributed by atoms with Crippen molar-refractivity contribution in [2.75, 3.05) is 6.61 Å². The number of nitrogens with zero attached hydrogens (tertiary/aromatic N) is 1. The second kappa shape index (κ2) is 3.72. The van der Waals surface area contributed by atoms with E-state index in [1.807, 2.05) is 0 Å². The predicted molar refractivity (Wildman–Crippen MR) is 59.4 cm³/mol. The van der Waals surface area contributed by atoms with E-state index in [-0.39, 0.29) is 18.3 Å². The molecule has 0 aliphatic heterocycles. The molecule has 80 valence electrons. The lowest BCUT2D eigenvalue weighted by Crippen LogP contribution is -2.22. The van der Waals surface area contributed by atoms with Crippen molar-refractivity contribution in [2.24, 2.45) is 0 Å². The van der Waals surface area contributed by atoms with E-state index in [0.29, 0.717) is 16.1 Å². The SMILES string of the molecule is CC(CO)n1c(=O)[nH]c2c(Cl)cccc21. The van der Waals surface area contributed by atoms with Crippen molar-refractivity contribution in [1.82, 2.24) is 9.55 Å². The maximum atomic E-state index is 11.6. The van der Waals surface area contributed by atoms with Gasteiger partial charge in [0.05, 0.1) is 28.7 Å². The van der Waals surface area contributed by atoms with Gasteiger partial charge in [0.25, 0.3) is 0 Å². The molecule has 1 atom stereocenters.